The third-order valence-electron chi connectivity index (χ3n) is 0.399. The minimum Gasteiger partial charge on any atom is -0.302 e. The van der Waals surface area contributed by atoms with Gasteiger partial charge in [-0.1, -0.05) is 0 Å². The van der Waals surface area contributed by atoms with E-state index in [4.69, 9.17) is 0 Å². The van der Waals surface area contributed by atoms with E-state index in [0.717, 1.165) is 0 Å². The van der Waals surface area contributed by atoms with Crippen molar-refractivity contribution in [1.82, 2.24) is 0 Å². The van der Waals surface area contributed by atoms with Gasteiger partial charge in [0, 0.05) is 0 Å². The Morgan fingerprint density at radius 1 is 1.43 bits per heavy atom. The monoisotopic (exact) mass is 110 g/mol. The first kappa shape index (κ1) is 6.52. The summed E-state index contributed by atoms with van der Waals surface area (Å²) in [6, 6.07) is 0. The predicted octanol–water partition coefficient (Wildman–Crippen LogP) is -0.292. The molecule has 0 atom stereocenters. The summed E-state index contributed by atoms with van der Waals surface area (Å²) in [5.41, 5.74) is -1.76. The van der Waals surface area contributed by atoms with E-state index >= 15 is 0 Å². The van der Waals surface area contributed by atoms with E-state index in [1.807, 2.05) is 0 Å². The normalized spacial score (nSPS) is 11.3. The summed E-state index contributed by atoms with van der Waals surface area (Å²) in [6.07, 6.45) is -4.64. The third-order valence-corrected chi connectivity index (χ3v) is 0.399. The van der Waals surface area contributed by atoms with Crippen LogP contribution in [0.25, 0.3) is 0 Å². The van der Waals surface area contributed by atoms with Crippen LogP contribution in [0.1, 0.15) is 0 Å². The summed E-state index contributed by atoms with van der Waals surface area (Å²) in [6.45, 7) is 0. The second-order valence-corrected chi connectivity index (χ2v) is 1.05. The summed E-state index contributed by atoms with van der Waals surface area (Å²) in [5, 5.41) is 0. The lowest BCUT2D eigenvalue weighted by molar-refractivity contribution is -0.161. The van der Waals surface area contributed by atoms with Crippen LogP contribution in [-0.2, 0) is 4.79 Å². The van der Waals surface area contributed by atoms with Gasteiger partial charge in [0.05, 0.1) is 0 Å². The molecule has 0 heterocycles. The Kier molecular flexibility index (Phi) is 1.45. The highest BCUT2D eigenvalue weighted by atomic mass is 19.4. The molecule has 1 nitrogen and oxygen atoms in total. The van der Waals surface area contributed by atoms with Gasteiger partial charge in [-0.3, -0.25) is 0 Å². The van der Waals surface area contributed by atoms with E-state index in [2.05, 4.69) is 0 Å². The highest BCUT2D eigenvalue weighted by Gasteiger charge is 2.32. The van der Waals surface area contributed by atoms with Crippen LogP contribution in [0.3, 0.4) is 0 Å². The van der Waals surface area contributed by atoms with E-state index < -0.39 is 11.9 Å². The Labute approximate surface area is 38.9 Å². The molecule has 7 heavy (non-hydrogen) atoms. The number of hydrogen-bond acceptors (Lipinski definition) is 1. The first-order chi connectivity index (χ1) is 2.94. The second-order valence-electron chi connectivity index (χ2n) is 1.05. The molecule has 0 bridgehead atoms. The van der Waals surface area contributed by atoms with Crippen molar-refractivity contribution in [2.45, 2.75) is 6.18 Å². The third kappa shape index (κ3) is 2.25. The van der Waals surface area contributed by atoms with Crippen LogP contribution in [0.2, 0.25) is 0 Å². The average molecular weight is 110 g/mol. The Balaban J connectivity index is 3.79. The molecule has 0 unspecified atom stereocenters. The molecule has 0 aliphatic carbocycles. The van der Waals surface area contributed by atoms with Crippen LogP contribution in [0.15, 0.2) is 0 Å². The van der Waals surface area contributed by atoms with Crippen LogP contribution >= 0.6 is 0 Å². The number of halogens is 3. The molecule has 0 aliphatic heterocycles. The van der Waals surface area contributed by atoms with Crippen molar-refractivity contribution in [2.24, 2.45) is 0 Å². The smallest absolute Gasteiger partial charge is 0.302 e. The van der Waals surface area contributed by atoms with Gasteiger partial charge >= 0.3 is 6.18 Å². The van der Waals surface area contributed by atoms with Crippen LogP contribution in [0.5, 0.6) is 0 Å². The van der Waals surface area contributed by atoms with Gasteiger partial charge in [-0.25, -0.2) is 0 Å². The maximum Gasteiger partial charge on any atom is 0.439 e. The maximum atomic E-state index is 10.8. The van der Waals surface area contributed by atoms with E-state index in [1.165, 1.54) is 0 Å². The number of rotatable bonds is 0. The minimum absolute atomic E-state index is 0.486. The molecular formula is C2H2BF3O. The van der Waals surface area contributed by atoms with Crippen molar-refractivity contribution in [3.05, 3.63) is 0 Å². The molecule has 0 rings (SSSR count). The maximum absolute atomic E-state index is 10.8. The highest BCUT2D eigenvalue weighted by molar-refractivity contribution is 6.59. The average Bonchev–Trinajstić information content (AvgIpc) is 1.31. The van der Waals surface area contributed by atoms with Crippen LogP contribution in [-0.4, -0.2) is 19.7 Å². The van der Waals surface area contributed by atoms with Gasteiger partial charge in [0.1, 0.15) is 0 Å². The Bertz CT molecular complexity index is 85.4. The SMILES string of the molecule is BC(=O)C(F)(F)F. The van der Waals surface area contributed by atoms with Gasteiger partial charge in [0.25, 0.3) is 0 Å². The molecule has 0 saturated heterocycles. The predicted molar refractivity (Wildman–Crippen MR) is 19.6 cm³/mol. The number of carbonyl (C=O) groups excluding carboxylic acids is 1. The first-order valence-corrected chi connectivity index (χ1v) is 1.52. The van der Waals surface area contributed by atoms with E-state index in [0.29, 0.717) is 7.85 Å². The van der Waals surface area contributed by atoms with Crippen molar-refractivity contribution in [3.8, 4) is 0 Å². The molecule has 5 heteroatoms. The van der Waals surface area contributed by atoms with Gasteiger partial charge in [-0.05, 0) is 0 Å². The molecule has 0 saturated carbocycles. The number of carbonyl (C=O) groups is 1. The quantitative estimate of drug-likeness (QED) is 0.391. The highest BCUT2D eigenvalue weighted by Crippen LogP contribution is 2.12. The Morgan fingerprint density at radius 3 is 1.57 bits per heavy atom. The molecule has 0 aliphatic rings. The fourth-order valence-corrected chi connectivity index (χ4v) is 0. The molecule has 0 N–H and O–H groups in total. The van der Waals surface area contributed by atoms with Gasteiger partial charge in [-0.2, -0.15) is 13.2 Å². The van der Waals surface area contributed by atoms with Crippen LogP contribution in [0, 0.1) is 0 Å². The Hall–Kier alpha value is -0.475. The Morgan fingerprint density at radius 2 is 1.57 bits per heavy atom. The van der Waals surface area contributed by atoms with Crippen molar-refractivity contribution in [3.63, 3.8) is 0 Å². The van der Waals surface area contributed by atoms with Gasteiger partial charge < -0.3 is 4.79 Å². The van der Waals surface area contributed by atoms with Crippen molar-refractivity contribution < 1.29 is 18.0 Å². The molecule has 0 aromatic heterocycles. The molecule has 0 spiro atoms. The molecule has 0 aromatic carbocycles. The van der Waals surface area contributed by atoms with E-state index in [-0.39, 0.29) is 0 Å². The molecule has 0 fully saturated rings. The fraction of sp³-hybridized carbons (Fsp3) is 0.500. The van der Waals surface area contributed by atoms with E-state index in [1.54, 1.807) is 0 Å². The van der Waals surface area contributed by atoms with Crippen LogP contribution < -0.4 is 0 Å². The molecule has 0 aromatic rings. The summed E-state index contributed by atoms with van der Waals surface area (Å²) < 4.78 is 32.5. The number of hydrogen-bond donors (Lipinski definition) is 0. The van der Waals surface area contributed by atoms with Crippen molar-refractivity contribution in [1.29, 1.82) is 0 Å². The first-order valence-electron chi connectivity index (χ1n) is 1.52. The zero-order valence-corrected chi connectivity index (χ0v) is 3.54. The second kappa shape index (κ2) is 1.56. The molecule has 0 radical (unpaired) electrons. The minimum atomic E-state index is -4.64. The summed E-state index contributed by atoms with van der Waals surface area (Å²) >= 11 is 0. The zero-order chi connectivity index (χ0) is 6.08. The lowest BCUT2D eigenvalue weighted by Crippen LogP contribution is -2.21. The van der Waals surface area contributed by atoms with Crippen molar-refractivity contribution in [2.75, 3.05) is 0 Å². The van der Waals surface area contributed by atoms with E-state index in [9.17, 15) is 18.0 Å². The molecule has 0 amide bonds. The van der Waals surface area contributed by atoms with Gasteiger partial charge in [-0.15, -0.1) is 0 Å². The van der Waals surface area contributed by atoms with Gasteiger partial charge in [0.2, 0.25) is 0 Å². The number of alkyl halides is 3. The summed E-state index contributed by atoms with van der Waals surface area (Å²) in [5.74, 6) is 0. The largest absolute Gasteiger partial charge is 0.439 e. The molecule has 40 valence electrons. The zero-order valence-electron chi connectivity index (χ0n) is 3.54. The topological polar surface area (TPSA) is 17.1 Å². The summed E-state index contributed by atoms with van der Waals surface area (Å²) in [4.78, 5) is 9.34. The lowest BCUT2D eigenvalue weighted by atomic mass is 10.0. The fourth-order valence-electron chi connectivity index (χ4n) is 0. The van der Waals surface area contributed by atoms with Crippen molar-refractivity contribution >= 4 is 13.5 Å². The van der Waals surface area contributed by atoms with Crippen LogP contribution in [0.4, 0.5) is 13.2 Å². The summed E-state index contributed by atoms with van der Waals surface area (Å²) in [7, 11) is 0.486. The lowest BCUT2D eigenvalue weighted by Gasteiger charge is -1.96. The molecular weight excluding hydrogens is 108 g/mol. The standard InChI is InChI=1S/C2H2BF3O/c3-1(7)2(4,5)6/h3H2. The van der Waals surface area contributed by atoms with Gasteiger partial charge in [0.15, 0.2) is 13.5 Å².